The smallest absolute Gasteiger partial charge is 0.453 e. The molecule has 3 rings (SSSR count). The Morgan fingerprint density at radius 2 is 1.79 bits per heavy atom. The zero-order chi connectivity index (χ0) is 24.4. The highest BCUT2D eigenvalue weighted by Crippen LogP contribution is 2.24. The summed E-state index contributed by atoms with van der Waals surface area (Å²) in [4.78, 5) is 10.5. The molecule has 0 unspecified atom stereocenters. The minimum absolute atomic E-state index is 0.0342. The summed E-state index contributed by atoms with van der Waals surface area (Å²) in [6.07, 6.45) is 6.63. The molecule has 0 radical (unpaired) electrons. The summed E-state index contributed by atoms with van der Waals surface area (Å²) in [5, 5.41) is 11.1. The van der Waals surface area contributed by atoms with Crippen LogP contribution in [0, 0.1) is 17.0 Å². The van der Waals surface area contributed by atoms with Crippen molar-refractivity contribution in [3.05, 3.63) is 94.3 Å². The first-order valence-corrected chi connectivity index (χ1v) is 10.8. The molecular formula is C21H22N6O5S. The van der Waals surface area contributed by atoms with Crippen molar-refractivity contribution in [2.45, 2.75) is 11.8 Å². The lowest BCUT2D eigenvalue weighted by molar-refractivity contribution is -0.384. The van der Waals surface area contributed by atoms with Crippen LogP contribution in [0.4, 0.5) is 5.69 Å². The number of para-hydroxylation sites is 2. The number of hydrazine groups is 1. The Balaban J connectivity index is 0.000000294. The van der Waals surface area contributed by atoms with Gasteiger partial charge in [-0.2, -0.15) is 11.3 Å². The zero-order valence-corrected chi connectivity index (χ0v) is 18.3. The van der Waals surface area contributed by atoms with E-state index in [4.69, 9.17) is 11.6 Å². The third-order valence-corrected chi connectivity index (χ3v) is 4.99. The van der Waals surface area contributed by atoms with Crippen LogP contribution in [0.25, 0.3) is 11.8 Å². The molecule has 12 heteroatoms. The summed E-state index contributed by atoms with van der Waals surface area (Å²) in [7, 11) is -4.27. The first-order valence-electron chi connectivity index (χ1n) is 9.37. The van der Waals surface area contributed by atoms with E-state index in [0.29, 0.717) is 5.69 Å². The molecule has 5 N–H and O–H groups in total. The molecule has 0 saturated heterocycles. The second kappa shape index (κ2) is 11.4. The minimum atomic E-state index is -4.27. The van der Waals surface area contributed by atoms with Crippen LogP contribution in [-0.2, 0) is 10.1 Å². The number of nitrogens with zero attached hydrogens (tertiary/aromatic N) is 3. The van der Waals surface area contributed by atoms with Gasteiger partial charge in [0, 0.05) is 18.0 Å². The average molecular weight is 471 g/mol. The standard InChI is InChI=1S/C14H14N6O2.C7H8O3S/c15-14(18-16)17-9-3-5-11-6-4-10-19(11)12-7-1-2-8-13(12)20(21)22;1-6-2-4-7(5-3-6)11(8,9)10/h1-10H,16H2,(H2,15,18);2-5H,1H3,(H,8,9,10). The monoisotopic (exact) mass is 470 g/mol. The number of hydrogen-bond donors (Lipinski definition) is 3. The largest absolute Gasteiger partial charge is 0.744 e. The molecule has 33 heavy (non-hydrogen) atoms. The Morgan fingerprint density at radius 3 is 2.39 bits per heavy atom. The molecule has 172 valence electrons. The van der Waals surface area contributed by atoms with Gasteiger partial charge in [-0.15, -0.1) is 0 Å². The molecule has 1 heterocycles. The highest BCUT2D eigenvalue weighted by atomic mass is 32.2. The molecule has 11 nitrogen and oxygen atoms in total. The van der Waals surface area contributed by atoms with Gasteiger partial charge in [0.2, 0.25) is 0 Å². The van der Waals surface area contributed by atoms with E-state index in [1.54, 1.807) is 59.3 Å². The molecule has 0 amide bonds. The maximum Gasteiger partial charge on any atom is 0.453 e. The van der Waals surface area contributed by atoms with Gasteiger partial charge in [0.15, 0.2) is 6.21 Å². The fourth-order valence-corrected chi connectivity index (χ4v) is 3.05. The van der Waals surface area contributed by atoms with E-state index in [-0.39, 0.29) is 16.5 Å². The highest BCUT2D eigenvalue weighted by Gasteiger charge is 2.14. The fourth-order valence-electron chi connectivity index (χ4n) is 2.58. The fraction of sp³-hybridized carbons (Fsp3) is 0.0476. The predicted molar refractivity (Wildman–Crippen MR) is 125 cm³/mol. The molecule has 3 aromatic rings. The van der Waals surface area contributed by atoms with Gasteiger partial charge in [0.25, 0.3) is 5.69 Å². The average Bonchev–Trinajstić information content (AvgIpc) is 3.25. The number of allylic oxidation sites excluding steroid dienone is 1. The molecule has 0 aliphatic carbocycles. The van der Waals surface area contributed by atoms with Crippen molar-refractivity contribution in [3.63, 3.8) is 0 Å². The van der Waals surface area contributed by atoms with Gasteiger partial charge in [-0.05, 0) is 49.4 Å². The van der Waals surface area contributed by atoms with Crippen LogP contribution in [0.1, 0.15) is 11.3 Å². The van der Waals surface area contributed by atoms with E-state index in [0.717, 1.165) is 11.3 Å². The number of hydrogen-bond acceptors (Lipinski definition) is 6. The number of aromatic nitrogens is 1. The molecular weight excluding hydrogens is 448 g/mol. The summed E-state index contributed by atoms with van der Waals surface area (Å²) in [5.41, 5.74) is 9.79. The van der Waals surface area contributed by atoms with Crippen LogP contribution >= 0.6 is 0 Å². The number of nitro benzene ring substituents is 1. The number of nitrogens with one attached hydrogen (secondary N) is 1. The number of nitrogens with two attached hydrogens (primary N) is 2. The minimum Gasteiger partial charge on any atom is -0.744 e. The molecule has 0 atom stereocenters. The quantitative estimate of drug-likeness (QED) is 0.0945. The van der Waals surface area contributed by atoms with E-state index in [1.807, 2.05) is 13.0 Å². The number of nitro groups is 1. The molecule has 0 aliphatic rings. The van der Waals surface area contributed by atoms with E-state index in [9.17, 15) is 23.1 Å². The maximum atomic E-state index is 11.1. The van der Waals surface area contributed by atoms with Crippen molar-refractivity contribution < 1.29 is 17.9 Å². The van der Waals surface area contributed by atoms with Crippen molar-refractivity contribution in [2.75, 3.05) is 0 Å². The van der Waals surface area contributed by atoms with Crippen LogP contribution in [-0.4, -0.2) is 34.6 Å². The number of aryl methyl sites for hydroxylation is 1. The Labute approximate surface area is 190 Å². The molecule has 0 fully saturated rings. The Morgan fingerprint density at radius 1 is 1.12 bits per heavy atom. The van der Waals surface area contributed by atoms with Crippen molar-refractivity contribution in [1.82, 2.24) is 14.7 Å². The van der Waals surface area contributed by atoms with Crippen molar-refractivity contribution in [1.29, 1.82) is 0 Å². The van der Waals surface area contributed by atoms with Gasteiger partial charge in [0.1, 0.15) is 15.8 Å². The Kier molecular flexibility index (Phi) is 8.66. The summed E-state index contributed by atoms with van der Waals surface area (Å²) < 4.78 is 36.7. The van der Waals surface area contributed by atoms with E-state index >= 15 is 0 Å². The summed E-state index contributed by atoms with van der Waals surface area (Å²) in [6, 6.07) is 15.9. The third-order valence-electron chi connectivity index (χ3n) is 4.14. The van der Waals surface area contributed by atoms with E-state index in [1.165, 1.54) is 24.4 Å². The van der Waals surface area contributed by atoms with Crippen molar-refractivity contribution in [3.8, 4) is 5.69 Å². The van der Waals surface area contributed by atoms with Crippen LogP contribution in [0.3, 0.4) is 0 Å². The molecule has 0 spiro atoms. The summed E-state index contributed by atoms with van der Waals surface area (Å²) in [6.45, 7) is 1.82. The lowest BCUT2D eigenvalue weighted by atomic mass is 10.2. The van der Waals surface area contributed by atoms with Crippen LogP contribution < -0.4 is 21.7 Å². The zero-order valence-electron chi connectivity index (χ0n) is 17.5. The number of rotatable bonds is 5. The second-order valence-electron chi connectivity index (χ2n) is 6.48. The number of guanidine groups is 1. The van der Waals surface area contributed by atoms with Gasteiger partial charge in [-0.25, -0.2) is 13.1 Å². The third kappa shape index (κ3) is 7.45. The van der Waals surface area contributed by atoms with Crippen molar-refractivity contribution >= 4 is 34.1 Å². The van der Waals surface area contributed by atoms with Crippen molar-refractivity contribution in [2.24, 2.45) is 11.6 Å². The summed E-state index contributed by atoms with van der Waals surface area (Å²) >= 11 is 0. The van der Waals surface area contributed by atoms with E-state index < -0.39 is 15.0 Å². The molecule has 0 saturated carbocycles. The molecule has 0 bridgehead atoms. The predicted octanol–water partition coefficient (Wildman–Crippen LogP) is 1.21. The van der Waals surface area contributed by atoms with Crippen LogP contribution in [0.15, 0.2) is 77.8 Å². The second-order valence-corrected chi connectivity index (χ2v) is 7.86. The molecule has 1 aromatic heterocycles. The van der Waals surface area contributed by atoms with Crippen LogP contribution in [0.2, 0.25) is 0 Å². The van der Waals surface area contributed by atoms with Gasteiger partial charge < -0.3 is 9.12 Å². The lowest BCUT2D eigenvalue weighted by Crippen LogP contribution is -2.38. The Bertz CT molecular complexity index is 1310. The maximum absolute atomic E-state index is 11.1. The Hall–Kier alpha value is -4.22. The SMILES string of the molecule is Cc1ccc(S(=O)(=O)[O-])cc1.NNC(N)=[N+]=CC=Cc1cccn1-c1ccccc1[N+](=O)[O-]. The highest BCUT2D eigenvalue weighted by molar-refractivity contribution is 7.85. The molecule has 0 aliphatic heterocycles. The lowest BCUT2D eigenvalue weighted by Gasteiger charge is -2.06. The first-order chi connectivity index (χ1) is 15.6. The van der Waals surface area contributed by atoms with E-state index in [2.05, 4.69) is 10.1 Å². The van der Waals surface area contributed by atoms with Gasteiger partial charge in [0.05, 0.1) is 9.82 Å². The van der Waals surface area contributed by atoms with Gasteiger partial charge in [-0.3, -0.25) is 15.8 Å². The van der Waals surface area contributed by atoms with Gasteiger partial charge in [-0.1, -0.05) is 29.8 Å². The molecule has 2 aromatic carbocycles. The van der Waals surface area contributed by atoms with Gasteiger partial charge >= 0.3 is 5.96 Å². The summed E-state index contributed by atoms with van der Waals surface area (Å²) in [5.74, 6) is 5.16. The number of benzene rings is 2. The topological polar surface area (TPSA) is 183 Å². The van der Waals surface area contributed by atoms with Crippen LogP contribution in [0.5, 0.6) is 0 Å². The normalized spacial score (nSPS) is 10.6. The first kappa shape index (κ1) is 25.0.